The van der Waals surface area contributed by atoms with Gasteiger partial charge in [0.15, 0.2) is 6.61 Å². The molecular weight excluding hydrogens is 444 g/mol. The molecule has 33 heavy (non-hydrogen) atoms. The zero-order chi connectivity index (χ0) is 24.8. The third-order valence-electron chi connectivity index (χ3n) is 4.63. The minimum Gasteiger partial charge on any atom is -0.451 e. The second kappa shape index (κ2) is 10.8. The number of carbonyl (C=O) groups is 2. The molecule has 10 heteroatoms. The molecule has 2 aromatic rings. The van der Waals surface area contributed by atoms with Crippen LogP contribution in [0.2, 0.25) is 0 Å². The fraction of sp³-hybridized carbons (Fsp3) is 0.261. The molecule has 0 fully saturated rings. The number of nitrogens with zero attached hydrogens (tertiary/aromatic N) is 3. The van der Waals surface area contributed by atoms with Crippen molar-refractivity contribution in [3.63, 3.8) is 0 Å². The number of nitrogens with one attached hydrogen (secondary N) is 1. The maximum Gasteiger partial charge on any atom is 0.349 e. The fourth-order valence-corrected chi connectivity index (χ4v) is 3.87. The van der Waals surface area contributed by atoms with Gasteiger partial charge in [-0.2, -0.15) is 5.26 Å². The number of hydrogen-bond donors (Lipinski definition) is 1. The number of sulfonamides is 1. The predicted octanol–water partition coefficient (Wildman–Crippen LogP) is 2.40. The number of esters is 1. The molecule has 9 nitrogen and oxygen atoms in total. The van der Waals surface area contributed by atoms with Gasteiger partial charge in [-0.15, -0.1) is 0 Å². The van der Waals surface area contributed by atoms with Crippen LogP contribution >= 0.6 is 0 Å². The fourth-order valence-electron chi connectivity index (χ4n) is 2.73. The van der Waals surface area contributed by atoms with Crippen molar-refractivity contribution < 1.29 is 22.7 Å². The van der Waals surface area contributed by atoms with Crippen molar-refractivity contribution in [3.05, 3.63) is 59.2 Å². The summed E-state index contributed by atoms with van der Waals surface area (Å²) >= 11 is 0. The van der Waals surface area contributed by atoms with Gasteiger partial charge in [0.2, 0.25) is 10.0 Å². The molecule has 0 spiro atoms. The maximum absolute atomic E-state index is 12.4. The third kappa shape index (κ3) is 6.65. The molecule has 0 saturated heterocycles. The lowest BCUT2D eigenvalue weighted by Crippen LogP contribution is -2.24. The highest BCUT2D eigenvalue weighted by Gasteiger charge is 2.21. The zero-order valence-electron chi connectivity index (χ0n) is 19.1. The standard InChI is InChI=1S/C23H26N4O5S/c1-16-6-9-19(13-21(16)33(30,31)27(4)5)25-22(28)15-32-23(29)18(14-24)12-17-7-10-20(11-8-17)26(2)3/h6-13H,15H2,1-5H3,(H,25,28)/b18-12+. The summed E-state index contributed by atoms with van der Waals surface area (Å²) in [5.74, 6) is -1.61. The Bertz CT molecular complexity index is 1210. The predicted molar refractivity (Wildman–Crippen MR) is 126 cm³/mol. The number of rotatable bonds is 8. The van der Waals surface area contributed by atoms with Crippen LogP contribution in [-0.4, -0.2) is 59.4 Å². The van der Waals surface area contributed by atoms with Gasteiger partial charge in [0, 0.05) is 39.6 Å². The van der Waals surface area contributed by atoms with Gasteiger partial charge in [-0.25, -0.2) is 17.5 Å². The van der Waals surface area contributed by atoms with Crippen LogP contribution in [0, 0.1) is 18.3 Å². The number of hydrogen-bond acceptors (Lipinski definition) is 7. The Labute approximate surface area is 193 Å². The van der Waals surface area contributed by atoms with Crippen LogP contribution in [0.1, 0.15) is 11.1 Å². The van der Waals surface area contributed by atoms with E-state index in [4.69, 9.17) is 4.74 Å². The monoisotopic (exact) mass is 470 g/mol. The van der Waals surface area contributed by atoms with Crippen molar-refractivity contribution in [2.24, 2.45) is 0 Å². The molecule has 0 radical (unpaired) electrons. The van der Waals surface area contributed by atoms with Crippen molar-refractivity contribution >= 4 is 39.4 Å². The van der Waals surface area contributed by atoms with Crippen molar-refractivity contribution in [1.29, 1.82) is 5.26 Å². The summed E-state index contributed by atoms with van der Waals surface area (Å²) in [4.78, 5) is 26.4. The van der Waals surface area contributed by atoms with Gasteiger partial charge in [0.05, 0.1) is 4.90 Å². The molecule has 0 unspecified atom stereocenters. The first-order valence-electron chi connectivity index (χ1n) is 9.85. The largest absolute Gasteiger partial charge is 0.451 e. The molecule has 2 aromatic carbocycles. The van der Waals surface area contributed by atoms with E-state index in [9.17, 15) is 23.3 Å². The molecule has 1 N–H and O–H groups in total. The molecule has 0 saturated carbocycles. The SMILES string of the molecule is Cc1ccc(NC(=O)COC(=O)/C(C#N)=C/c2ccc(N(C)C)cc2)cc1S(=O)(=O)N(C)C. The van der Waals surface area contributed by atoms with E-state index in [1.165, 1.54) is 26.2 Å². The second-order valence-electron chi connectivity index (χ2n) is 7.55. The summed E-state index contributed by atoms with van der Waals surface area (Å²) in [5, 5.41) is 11.8. The lowest BCUT2D eigenvalue weighted by Gasteiger charge is -2.15. The maximum atomic E-state index is 12.4. The molecule has 0 aliphatic rings. The average Bonchev–Trinajstić information content (AvgIpc) is 2.77. The minimum absolute atomic E-state index is 0.0530. The van der Waals surface area contributed by atoms with Crippen molar-refractivity contribution in [1.82, 2.24) is 4.31 Å². The van der Waals surface area contributed by atoms with Crippen LogP contribution in [0.4, 0.5) is 11.4 Å². The molecule has 0 bridgehead atoms. The van der Waals surface area contributed by atoms with E-state index in [0.717, 1.165) is 9.99 Å². The van der Waals surface area contributed by atoms with Gasteiger partial charge in [0.25, 0.3) is 5.91 Å². The number of ether oxygens (including phenoxy) is 1. The highest BCUT2D eigenvalue weighted by molar-refractivity contribution is 7.89. The smallest absolute Gasteiger partial charge is 0.349 e. The topological polar surface area (TPSA) is 120 Å². The van der Waals surface area contributed by atoms with E-state index in [-0.39, 0.29) is 16.2 Å². The zero-order valence-corrected chi connectivity index (χ0v) is 19.9. The van der Waals surface area contributed by atoms with Crippen LogP contribution in [0.5, 0.6) is 0 Å². The Hall–Kier alpha value is -3.68. The Morgan fingerprint density at radius 1 is 1.09 bits per heavy atom. The number of anilines is 2. The van der Waals surface area contributed by atoms with Gasteiger partial charge in [-0.1, -0.05) is 18.2 Å². The van der Waals surface area contributed by atoms with E-state index in [0.29, 0.717) is 11.1 Å². The second-order valence-corrected chi connectivity index (χ2v) is 9.67. The summed E-state index contributed by atoms with van der Waals surface area (Å²) in [6.07, 6.45) is 1.37. The van der Waals surface area contributed by atoms with Gasteiger partial charge in [0.1, 0.15) is 11.6 Å². The number of amides is 1. The molecule has 0 atom stereocenters. The number of nitriles is 1. The first kappa shape index (κ1) is 25.6. The Morgan fingerprint density at radius 3 is 2.27 bits per heavy atom. The first-order chi connectivity index (χ1) is 15.4. The van der Waals surface area contributed by atoms with Gasteiger partial charge >= 0.3 is 5.97 Å². The van der Waals surface area contributed by atoms with Crippen LogP contribution in [0.3, 0.4) is 0 Å². The summed E-state index contributed by atoms with van der Waals surface area (Å²) in [7, 11) is 2.92. The first-order valence-corrected chi connectivity index (χ1v) is 11.3. The molecular formula is C23H26N4O5S. The average molecular weight is 471 g/mol. The van der Waals surface area contributed by atoms with Crippen molar-refractivity contribution in [2.75, 3.05) is 45.0 Å². The van der Waals surface area contributed by atoms with Crippen LogP contribution in [0.25, 0.3) is 6.08 Å². The van der Waals surface area contributed by atoms with Gasteiger partial charge in [-0.05, 0) is 48.4 Å². The van der Waals surface area contributed by atoms with Crippen LogP contribution < -0.4 is 10.2 Å². The van der Waals surface area contributed by atoms with Crippen molar-refractivity contribution in [2.45, 2.75) is 11.8 Å². The summed E-state index contributed by atoms with van der Waals surface area (Å²) < 4.78 is 30.9. The molecule has 0 aliphatic carbocycles. The van der Waals surface area contributed by atoms with E-state index < -0.39 is 28.5 Å². The lowest BCUT2D eigenvalue weighted by molar-refractivity contribution is -0.142. The van der Waals surface area contributed by atoms with Crippen LogP contribution in [-0.2, 0) is 24.3 Å². The van der Waals surface area contributed by atoms with Gasteiger partial charge in [-0.3, -0.25) is 4.79 Å². The Kier molecular flexibility index (Phi) is 8.34. The highest BCUT2D eigenvalue weighted by Crippen LogP contribution is 2.22. The molecule has 0 aromatic heterocycles. The molecule has 1 amide bonds. The summed E-state index contributed by atoms with van der Waals surface area (Å²) in [6, 6.07) is 13.4. The highest BCUT2D eigenvalue weighted by atomic mass is 32.2. The Balaban J connectivity index is 2.05. The van der Waals surface area contributed by atoms with E-state index in [2.05, 4.69) is 5.32 Å². The number of carbonyl (C=O) groups excluding carboxylic acids is 2. The van der Waals surface area contributed by atoms with Gasteiger partial charge < -0.3 is 15.0 Å². The van der Waals surface area contributed by atoms with Crippen molar-refractivity contribution in [3.8, 4) is 6.07 Å². The van der Waals surface area contributed by atoms with E-state index in [1.54, 1.807) is 37.3 Å². The normalized spacial score (nSPS) is 11.6. The summed E-state index contributed by atoms with van der Waals surface area (Å²) in [5.41, 5.74) is 2.10. The molecule has 174 valence electrons. The van der Waals surface area contributed by atoms with E-state index >= 15 is 0 Å². The molecule has 0 heterocycles. The number of benzene rings is 2. The van der Waals surface area contributed by atoms with Crippen LogP contribution in [0.15, 0.2) is 52.9 Å². The number of aryl methyl sites for hydroxylation is 1. The van der Waals surface area contributed by atoms with E-state index in [1.807, 2.05) is 31.1 Å². The third-order valence-corrected chi connectivity index (χ3v) is 6.58. The quantitative estimate of drug-likeness (QED) is 0.357. The molecule has 2 rings (SSSR count). The Morgan fingerprint density at radius 2 is 1.73 bits per heavy atom. The minimum atomic E-state index is -3.69. The lowest BCUT2D eigenvalue weighted by atomic mass is 10.1. The molecule has 0 aliphatic heterocycles. The summed E-state index contributed by atoms with van der Waals surface area (Å²) in [6.45, 7) is 1.01.